The number of nitrogens with one attached hydrogen (secondary N) is 7. The molecule has 1 aliphatic heterocycles. The molecule has 103 heavy (non-hydrogen) atoms. The van der Waals surface area contributed by atoms with Gasteiger partial charge in [0.25, 0.3) is 7.36 Å². The van der Waals surface area contributed by atoms with Crippen molar-refractivity contribution in [3.63, 3.8) is 0 Å². The highest BCUT2D eigenvalue weighted by molar-refractivity contribution is 7.89. The Hall–Kier alpha value is -8.14. The number of carboxylic acid groups (broad SMARTS) is 4. The van der Waals surface area contributed by atoms with Crippen molar-refractivity contribution in [3.05, 3.63) is 65.6 Å². The Morgan fingerprint density at radius 2 is 1.23 bits per heavy atom. The number of nitrogens with zero attached hydrogens (tertiary/aromatic N) is 7. The third kappa shape index (κ3) is 39.9. The minimum atomic E-state index is -4.32. The number of sulfonamides is 1. The van der Waals surface area contributed by atoms with E-state index in [4.69, 9.17) is 32.4 Å². The summed E-state index contributed by atoms with van der Waals surface area (Å²) in [5.41, 5.74) is 7.43. The molecule has 3 heterocycles. The van der Waals surface area contributed by atoms with Gasteiger partial charge < -0.3 is 76.7 Å². The van der Waals surface area contributed by atoms with Gasteiger partial charge in [-0.3, -0.25) is 76.1 Å². The number of unbranched alkanes of at least 4 members (excludes halogenated alkanes) is 1. The molecule has 0 saturated carbocycles. The number of aromatic nitrogens is 4. The van der Waals surface area contributed by atoms with Crippen LogP contribution in [0.4, 0.5) is 19.4 Å². The number of hydrogen-bond donors (Lipinski definition) is 12. The summed E-state index contributed by atoms with van der Waals surface area (Å²) >= 11 is 0. The van der Waals surface area contributed by atoms with Gasteiger partial charge in [0.1, 0.15) is 17.8 Å². The monoisotopic (exact) mass is 1500 g/mol. The number of carbonyl (C=O) groups is 8. The van der Waals surface area contributed by atoms with E-state index < -0.39 is 58.4 Å². The maximum Gasteiger partial charge on any atom is 0.323 e. The number of carboxylic acids is 4. The van der Waals surface area contributed by atoms with Gasteiger partial charge in [0, 0.05) is 144 Å². The Balaban J connectivity index is 0. The minimum Gasteiger partial charge on any atom is -0.494 e. The number of benzene rings is 2. The fourth-order valence-corrected chi connectivity index (χ4v) is 11.9. The van der Waals surface area contributed by atoms with E-state index >= 15 is 0 Å². The topological polar surface area (TPSA) is 446 Å². The molecule has 0 spiro atoms. The summed E-state index contributed by atoms with van der Waals surface area (Å²) in [7, 11) is -3.32. The van der Waals surface area contributed by atoms with Crippen LogP contribution in [0.15, 0.2) is 53.8 Å². The number of H-pyrrole nitrogens is 1. The Morgan fingerprint density at radius 3 is 1.77 bits per heavy atom. The van der Waals surface area contributed by atoms with Crippen molar-refractivity contribution in [2.24, 2.45) is 5.73 Å². The van der Waals surface area contributed by atoms with Crippen LogP contribution in [-0.4, -0.2) is 301 Å². The maximum absolute atomic E-state index is 13.4. The van der Waals surface area contributed by atoms with Crippen LogP contribution in [0.1, 0.15) is 97.1 Å². The SMILES string of the molecule is C.CCOCCCNC(=O)CCCOc1cc(C)c(S(=O)(=O)N[C@@H](CNC(=O)c2ccc3c(cnn3CCCNc3ncc[nH]3)c2)C(=O)O)c(C)c1.CCOCCOCCCNC(=O)[C@@H](CCCCN)NC(=O)CN1CCN(CC(=O)O)CCN(CC(=O)O)CCN(CC(=O)O)CC1.CF.CF.[3H]F.[3H][3H]. The van der Waals surface area contributed by atoms with E-state index in [1.54, 1.807) is 77.5 Å². The molecule has 4 aromatic rings. The number of carbonyl (C=O) groups excluding carboxylic acids is 4. The lowest BCUT2D eigenvalue weighted by Gasteiger charge is -2.33. The molecule has 1 saturated heterocycles. The van der Waals surface area contributed by atoms with Crippen molar-refractivity contribution >= 4 is 74.4 Å². The van der Waals surface area contributed by atoms with Gasteiger partial charge in [-0.1, -0.05) is 7.43 Å². The van der Waals surface area contributed by atoms with Gasteiger partial charge in [-0.15, -0.1) is 0 Å². The molecule has 2 atom stereocenters. The highest BCUT2D eigenvalue weighted by atomic mass is 32.2. The lowest BCUT2D eigenvalue weighted by atomic mass is 10.1. The van der Waals surface area contributed by atoms with Gasteiger partial charge in [-0.2, -0.15) is 9.82 Å². The molecule has 0 aliphatic carbocycles. The van der Waals surface area contributed by atoms with E-state index in [0.29, 0.717) is 155 Å². The summed E-state index contributed by atoms with van der Waals surface area (Å²) in [6.07, 6.45) is 9.65. The van der Waals surface area contributed by atoms with Crippen LogP contribution in [0, 0.1) is 13.8 Å². The molecular formula is C66H114F3N15O18S. The fourth-order valence-electron chi connectivity index (χ4n) is 10.3. The molecule has 33 nitrogen and oxygen atoms in total. The quantitative estimate of drug-likeness (QED) is 0.0283. The predicted octanol–water partition coefficient (Wildman–Crippen LogP) is 2.58. The van der Waals surface area contributed by atoms with Crippen LogP contribution in [0.25, 0.3) is 10.9 Å². The van der Waals surface area contributed by atoms with Gasteiger partial charge >= 0.3 is 23.9 Å². The number of nitrogens with two attached hydrogens (primary N) is 1. The summed E-state index contributed by atoms with van der Waals surface area (Å²) in [4.78, 5) is 112. The number of halogens is 3. The summed E-state index contributed by atoms with van der Waals surface area (Å²) in [5, 5.41) is 57.3. The second kappa shape index (κ2) is 55.4. The first kappa shape index (κ1) is 90.9. The molecule has 13 N–H and O–H groups in total. The van der Waals surface area contributed by atoms with Crippen molar-refractivity contribution in [1.29, 1.82) is 1.45 Å². The number of imidazole rings is 1. The average molecular weight is 1500 g/mol. The summed E-state index contributed by atoms with van der Waals surface area (Å²) in [6, 6.07) is 5.69. The summed E-state index contributed by atoms with van der Waals surface area (Å²) in [6.45, 7) is 14.1. The molecule has 0 bridgehead atoms. The maximum atomic E-state index is 13.4. The second-order valence-corrected chi connectivity index (χ2v) is 24.6. The van der Waals surface area contributed by atoms with Crippen LogP contribution >= 0.6 is 0 Å². The number of aromatic amines is 1. The van der Waals surface area contributed by atoms with Gasteiger partial charge in [0.15, 0.2) is 5.95 Å². The normalized spacial score (nSPS) is 13.8. The van der Waals surface area contributed by atoms with E-state index in [1.165, 1.54) is 0 Å². The largest absolute Gasteiger partial charge is 0.494 e. The molecular weight excluding hydrogens is 1380 g/mol. The third-order valence-electron chi connectivity index (χ3n) is 15.1. The minimum absolute atomic E-state index is 0. The number of aliphatic carboxylic acids is 4. The first-order valence-corrected chi connectivity index (χ1v) is 35.0. The van der Waals surface area contributed by atoms with E-state index in [1.807, 2.05) is 23.4 Å². The van der Waals surface area contributed by atoms with Crippen LogP contribution < -0.4 is 41.8 Å². The Kier molecular flexibility index (Phi) is 48.9. The van der Waals surface area contributed by atoms with Gasteiger partial charge in [-0.05, 0) is 121 Å². The molecule has 0 radical (unpaired) electrons. The smallest absolute Gasteiger partial charge is 0.323 e. The number of rotatable bonds is 44. The number of alkyl halides is 2. The molecule has 2 aromatic heterocycles. The molecule has 1 aliphatic rings. The van der Waals surface area contributed by atoms with Crippen LogP contribution in [-0.2, 0) is 64.3 Å². The number of ether oxygens (including phenoxy) is 4. The van der Waals surface area contributed by atoms with Crippen molar-refractivity contribution in [2.75, 3.05) is 177 Å². The van der Waals surface area contributed by atoms with E-state index in [2.05, 4.69) is 47.8 Å². The Morgan fingerprint density at radius 1 is 0.689 bits per heavy atom. The van der Waals surface area contributed by atoms with Gasteiger partial charge in [0.2, 0.25) is 27.7 Å². The average Bonchev–Trinajstić information content (AvgIpc) is 0.979. The molecule has 4 amide bonds. The van der Waals surface area contributed by atoms with E-state index in [0.717, 1.165) is 23.7 Å². The van der Waals surface area contributed by atoms with Crippen molar-refractivity contribution in [2.45, 2.75) is 110 Å². The molecule has 0 unspecified atom stereocenters. The highest BCUT2D eigenvalue weighted by Crippen LogP contribution is 2.27. The zero-order valence-corrected chi connectivity index (χ0v) is 60.2. The predicted molar refractivity (Wildman–Crippen MR) is 384 cm³/mol. The van der Waals surface area contributed by atoms with Crippen LogP contribution in [0.5, 0.6) is 5.75 Å². The summed E-state index contributed by atoms with van der Waals surface area (Å²) < 4.78 is 94.5. The second-order valence-electron chi connectivity index (χ2n) is 23.0. The van der Waals surface area contributed by atoms with E-state index in [9.17, 15) is 76.0 Å². The van der Waals surface area contributed by atoms with Crippen molar-refractivity contribution < 1.29 is 103 Å². The van der Waals surface area contributed by atoms with E-state index in [-0.39, 0.29) is 114 Å². The molecule has 5 rings (SSSR count). The number of anilines is 1. The molecule has 2 aromatic carbocycles. The number of amides is 4. The van der Waals surface area contributed by atoms with Crippen LogP contribution in [0.3, 0.4) is 0 Å². The third-order valence-corrected chi connectivity index (χ3v) is 16.9. The lowest BCUT2D eigenvalue weighted by molar-refractivity contribution is -0.140. The highest BCUT2D eigenvalue weighted by Gasteiger charge is 2.30. The Labute approximate surface area is 606 Å². The number of hydrogen-bond acceptors (Lipinski definition) is 22. The van der Waals surface area contributed by atoms with Gasteiger partial charge in [-0.25, -0.2) is 13.4 Å². The first-order chi connectivity index (χ1) is 50.5. The zero-order chi connectivity index (χ0) is 79.0. The molecule has 588 valence electrons. The molecule has 37 heteroatoms. The number of aryl methyl sites for hydroxylation is 3. The lowest BCUT2D eigenvalue weighted by Crippen LogP contribution is -2.52. The number of fused-ring (bicyclic) bond motifs is 1. The fraction of sp³-hybridized carbons (Fsp3) is 0.636. The van der Waals surface area contributed by atoms with Crippen molar-refractivity contribution in [1.82, 2.24) is 65.3 Å². The van der Waals surface area contributed by atoms with Crippen molar-refractivity contribution in [3.8, 4) is 5.75 Å². The van der Waals surface area contributed by atoms with Gasteiger partial charge in [0.05, 0.1) is 77.0 Å². The summed E-state index contributed by atoms with van der Waals surface area (Å²) in [5.74, 6) is -4.78. The Bertz CT molecular complexity index is 3160. The standard InChI is InChI=1S/C34H46N8O8S.C29H55N7O10.2CH3F.CH4.FH.H2/c1-4-49-16-7-12-35-30(43)8-5-17-50-27-18-23(2)31(24(3)19-27)51(47,48)41-28(33(45)46)22-39-32(44)25-9-10-29-26(20-25)21-40-42(29)15-6-11-36-34-37-13-14-38-34;1-2-45-18-19-46-17-5-8-31-29(44)24(6-3-4-7-30)32-25(37)20-33-9-11-34(21-26(38)39)13-15-36(23-28(42)43)16-14-35(12-10-33)22-27(40)41;2*1-2;;;/h9-10,13-14,18-21,28,41H,4-8,11-12,15-17,22H2,1-3H3,(H,35,43)(H,39,44)(H,45,46)(H2,36,37,38);24H,2-23,30H2,1H3,(H,31,44)(H,32,37)(H,38,39)(H,40,41)(H,42,43);2*1H3;1H4;2*1H/t28-;24-;;;;;/m01...../s1/i;;;;;;1+2T/hT. The van der Waals surface area contributed by atoms with Crippen LogP contribution in [0.2, 0.25) is 0 Å². The zero-order valence-electron chi connectivity index (χ0n) is 62.4. The molecule has 1 fully saturated rings. The first-order valence-electron chi connectivity index (χ1n) is 34.9.